The van der Waals surface area contributed by atoms with Gasteiger partial charge in [0, 0.05) is 0 Å². The molecule has 0 bridgehead atoms. The Balaban J connectivity index is 2.99. The molecule has 0 fully saturated rings. The molecule has 0 aromatic rings. The van der Waals surface area contributed by atoms with Crippen molar-refractivity contribution in [2.45, 2.75) is 97.3 Å². The summed E-state index contributed by atoms with van der Waals surface area (Å²) in [4.78, 5) is 0. The molecule has 0 amide bonds. The van der Waals surface area contributed by atoms with Crippen molar-refractivity contribution in [3.05, 3.63) is 5.21 Å². The SMILES string of the molecule is CCCCCCCCCCCCCCN([O-])CCC. The average molecular weight is 270 g/mol. The third kappa shape index (κ3) is 15.9. The quantitative estimate of drug-likeness (QED) is 0.273. The Hall–Kier alpha value is -0.0800. The second-order valence-electron chi connectivity index (χ2n) is 5.82. The highest BCUT2D eigenvalue weighted by atomic mass is 16.5. The first-order valence-electron chi connectivity index (χ1n) is 8.73. The van der Waals surface area contributed by atoms with Gasteiger partial charge in [-0.3, -0.25) is 0 Å². The first-order chi connectivity index (χ1) is 9.31. The van der Waals surface area contributed by atoms with Crippen LogP contribution in [0.3, 0.4) is 0 Å². The minimum Gasteiger partial charge on any atom is -0.785 e. The predicted octanol–water partition coefficient (Wildman–Crippen LogP) is 5.90. The van der Waals surface area contributed by atoms with Crippen molar-refractivity contribution in [2.24, 2.45) is 0 Å². The summed E-state index contributed by atoms with van der Waals surface area (Å²) < 4.78 is 0. The highest BCUT2D eigenvalue weighted by Gasteiger charge is 1.94. The van der Waals surface area contributed by atoms with Crippen molar-refractivity contribution >= 4 is 0 Å². The summed E-state index contributed by atoms with van der Waals surface area (Å²) in [5.74, 6) is 0. The van der Waals surface area contributed by atoms with E-state index in [1.165, 1.54) is 75.7 Å². The van der Waals surface area contributed by atoms with E-state index in [1.54, 1.807) is 0 Å². The topological polar surface area (TPSA) is 26.3 Å². The van der Waals surface area contributed by atoms with Crippen LogP contribution in [0.1, 0.15) is 97.3 Å². The fourth-order valence-electron chi connectivity index (χ4n) is 2.49. The van der Waals surface area contributed by atoms with Crippen LogP contribution in [-0.4, -0.2) is 18.2 Å². The van der Waals surface area contributed by atoms with E-state index in [9.17, 15) is 5.21 Å². The second kappa shape index (κ2) is 16.0. The van der Waals surface area contributed by atoms with E-state index in [4.69, 9.17) is 0 Å². The number of nitrogens with zero attached hydrogens (tertiary/aromatic N) is 1. The minimum atomic E-state index is 0.706. The highest BCUT2D eigenvalue weighted by Crippen LogP contribution is 2.12. The van der Waals surface area contributed by atoms with E-state index in [1.807, 2.05) is 0 Å². The Labute approximate surface area is 121 Å². The zero-order valence-corrected chi connectivity index (χ0v) is 13.5. The van der Waals surface area contributed by atoms with Crippen LogP contribution in [0, 0.1) is 5.21 Å². The molecule has 0 saturated carbocycles. The lowest BCUT2D eigenvalue weighted by atomic mass is 10.1. The lowest BCUT2D eigenvalue weighted by Gasteiger charge is -2.27. The second-order valence-corrected chi connectivity index (χ2v) is 5.82. The summed E-state index contributed by atoms with van der Waals surface area (Å²) in [6.07, 6.45) is 17.3. The van der Waals surface area contributed by atoms with Gasteiger partial charge in [0.2, 0.25) is 0 Å². The van der Waals surface area contributed by atoms with Crippen molar-refractivity contribution in [3.8, 4) is 0 Å². The molecular weight excluding hydrogens is 234 g/mol. The molecule has 116 valence electrons. The standard InChI is InChI=1S/C17H36NO/c1-3-5-6-7-8-9-10-11-12-13-14-15-17-18(19)16-4-2/h3-17H2,1-2H3/q-1. The molecule has 0 heterocycles. The summed E-state index contributed by atoms with van der Waals surface area (Å²) in [5.41, 5.74) is 0. The number of hydrogen-bond acceptors (Lipinski definition) is 2. The van der Waals surface area contributed by atoms with E-state index in [0.717, 1.165) is 19.4 Å². The molecule has 0 aromatic heterocycles. The Kier molecular flexibility index (Phi) is 15.9. The molecule has 0 rings (SSSR count). The zero-order valence-electron chi connectivity index (χ0n) is 13.5. The first kappa shape index (κ1) is 18.9. The summed E-state index contributed by atoms with van der Waals surface area (Å²) >= 11 is 0. The van der Waals surface area contributed by atoms with Crippen LogP contribution in [0.15, 0.2) is 0 Å². The maximum absolute atomic E-state index is 11.2. The van der Waals surface area contributed by atoms with Gasteiger partial charge in [-0.05, 0) is 25.9 Å². The molecule has 0 unspecified atom stereocenters. The monoisotopic (exact) mass is 270 g/mol. The van der Waals surface area contributed by atoms with E-state index in [-0.39, 0.29) is 0 Å². The summed E-state index contributed by atoms with van der Waals surface area (Å²) in [6, 6.07) is 0. The van der Waals surface area contributed by atoms with Crippen molar-refractivity contribution in [1.82, 2.24) is 5.06 Å². The van der Waals surface area contributed by atoms with Gasteiger partial charge in [-0.1, -0.05) is 84.5 Å². The number of hydrogen-bond donors (Lipinski definition) is 0. The van der Waals surface area contributed by atoms with Crippen LogP contribution in [0.2, 0.25) is 0 Å². The minimum absolute atomic E-state index is 0.706. The molecule has 0 aliphatic heterocycles. The van der Waals surface area contributed by atoms with Gasteiger partial charge < -0.3 is 10.3 Å². The van der Waals surface area contributed by atoms with Crippen LogP contribution in [0.5, 0.6) is 0 Å². The van der Waals surface area contributed by atoms with E-state index < -0.39 is 0 Å². The maximum Gasteiger partial charge on any atom is -0.0145 e. The molecule has 0 N–H and O–H groups in total. The van der Waals surface area contributed by atoms with Crippen LogP contribution in [0.4, 0.5) is 0 Å². The number of unbranched alkanes of at least 4 members (excludes halogenated alkanes) is 11. The van der Waals surface area contributed by atoms with Crippen LogP contribution in [0.25, 0.3) is 0 Å². The molecule has 0 aromatic carbocycles. The lowest BCUT2D eigenvalue weighted by Crippen LogP contribution is -2.18. The fraction of sp³-hybridized carbons (Fsp3) is 1.00. The Morgan fingerprint density at radius 1 is 0.526 bits per heavy atom. The van der Waals surface area contributed by atoms with Gasteiger partial charge in [0.05, 0.1) is 0 Å². The van der Waals surface area contributed by atoms with Crippen LogP contribution < -0.4 is 0 Å². The van der Waals surface area contributed by atoms with Crippen molar-refractivity contribution in [2.75, 3.05) is 13.1 Å². The zero-order chi connectivity index (χ0) is 14.2. The molecule has 0 atom stereocenters. The highest BCUT2D eigenvalue weighted by molar-refractivity contribution is 4.56. The van der Waals surface area contributed by atoms with Gasteiger partial charge in [0.15, 0.2) is 0 Å². The van der Waals surface area contributed by atoms with E-state index >= 15 is 0 Å². The average Bonchev–Trinajstić information content (AvgIpc) is 2.40. The molecular formula is C17H36NO-. The van der Waals surface area contributed by atoms with Crippen molar-refractivity contribution < 1.29 is 0 Å². The smallest absolute Gasteiger partial charge is 0.0145 e. The molecule has 0 saturated heterocycles. The van der Waals surface area contributed by atoms with Gasteiger partial charge in [0.1, 0.15) is 0 Å². The van der Waals surface area contributed by atoms with Crippen LogP contribution in [-0.2, 0) is 0 Å². The van der Waals surface area contributed by atoms with E-state index in [0.29, 0.717) is 6.54 Å². The van der Waals surface area contributed by atoms with Gasteiger partial charge in [-0.15, -0.1) is 0 Å². The van der Waals surface area contributed by atoms with Gasteiger partial charge in [-0.2, -0.15) is 0 Å². The lowest BCUT2D eigenvalue weighted by molar-refractivity contribution is 0.363. The van der Waals surface area contributed by atoms with Gasteiger partial charge in [-0.25, -0.2) is 0 Å². The molecule has 0 aliphatic rings. The molecule has 0 spiro atoms. The molecule has 0 aliphatic carbocycles. The Morgan fingerprint density at radius 2 is 0.947 bits per heavy atom. The molecule has 19 heavy (non-hydrogen) atoms. The fourth-order valence-corrected chi connectivity index (χ4v) is 2.49. The third-order valence-corrected chi connectivity index (χ3v) is 3.73. The summed E-state index contributed by atoms with van der Waals surface area (Å²) in [5, 5.41) is 12.5. The Bertz CT molecular complexity index is 161. The van der Waals surface area contributed by atoms with E-state index in [2.05, 4.69) is 13.8 Å². The van der Waals surface area contributed by atoms with Crippen molar-refractivity contribution in [3.63, 3.8) is 0 Å². The molecule has 2 heteroatoms. The predicted molar refractivity (Wildman–Crippen MR) is 86.3 cm³/mol. The largest absolute Gasteiger partial charge is 0.785 e. The summed E-state index contributed by atoms with van der Waals surface area (Å²) in [7, 11) is 0. The number of rotatable bonds is 15. The van der Waals surface area contributed by atoms with Crippen molar-refractivity contribution in [1.29, 1.82) is 0 Å². The molecule has 2 nitrogen and oxygen atoms in total. The van der Waals surface area contributed by atoms with Crippen LogP contribution >= 0.6 is 0 Å². The maximum atomic E-state index is 11.2. The Morgan fingerprint density at radius 3 is 1.37 bits per heavy atom. The number of hydroxylamine groups is 2. The third-order valence-electron chi connectivity index (χ3n) is 3.73. The van der Waals surface area contributed by atoms with Gasteiger partial charge in [0.25, 0.3) is 0 Å². The summed E-state index contributed by atoms with van der Waals surface area (Å²) in [6.45, 7) is 5.78. The van der Waals surface area contributed by atoms with Gasteiger partial charge >= 0.3 is 0 Å². The molecule has 0 radical (unpaired) electrons. The normalized spacial score (nSPS) is 11.4. The first-order valence-corrected chi connectivity index (χ1v) is 8.73.